The Labute approximate surface area is 414 Å². The van der Waals surface area contributed by atoms with Crippen molar-refractivity contribution in [3.63, 3.8) is 0 Å². The van der Waals surface area contributed by atoms with Crippen LogP contribution in [0.1, 0.15) is 103 Å². The molecule has 1 aliphatic heterocycles. The van der Waals surface area contributed by atoms with Gasteiger partial charge in [0.05, 0.1) is 5.52 Å². The Kier molecular flexibility index (Phi) is 9.36. The van der Waals surface area contributed by atoms with Crippen molar-refractivity contribution < 1.29 is 0 Å². The third kappa shape index (κ3) is 6.48. The van der Waals surface area contributed by atoms with Crippen LogP contribution < -0.4 is 21.1 Å². The topological polar surface area (TPSA) is 20.2 Å². The first-order chi connectivity index (χ1) is 33.7. The van der Waals surface area contributed by atoms with E-state index in [1.165, 1.54) is 113 Å². The van der Waals surface area contributed by atoms with Gasteiger partial charge in [-0.15, -0.1) is 0 Å². The van der Waals surface area contributed by atoms with Crippen LogP contribution in [0.4, 0.5) is 28.4 Å². The molecule has 0 saturated carbocycles. The molecule has 2 heterocycles. The van der Waals surface area contributed by atoms with Crippen molar-refractivity contribution in [3.05, 3.63) is 192 Å². The maximum Gasteiger partial charge on any atom is 0.197 e. The quantitative estimate of drug-likeness (QED) is 0.168. The Balaban J connectivity index is 1.14. The molecular weight excluding hydrogens is 846 g/mol. The number of nitrogens with zero attached hydrogens (tertiary/aromatic N) is 2. The van der Waals surface area contributed by atoms with Gasteiger partial charge in [0.2, 0.25) is 0 Å². The molecule has 1 N–H and O–H groups in total. The molecule has 0 bridgehead atoms. The lowest BCUT2D eigenvalue weighted by molar-refractivity contribution is 0.332. The Morgan fingerprint density at radius 1 is 0.457 bits per heavy atom. The lowest BCUT2D eigenvalue weighted by Crippen LogP contribution is -2.41. The predicted molar refractivity (Wildman–Crippen MR) is 301 cm³/mol. The van der Waals surface area contributed by atoms with Gasteiger partial charge in [-0.3, -0.25) is 0 Å². The normalized spacial score (nSPS) is 16.9. The molecule has 70 heavy (non-hydrogen) atoms. The van der Waals surface area contributed by atoms with Gasteiger partial charge in [-0.2, -0.15) is 0 Å². The fourth-order valence-corrected chi connectivity index (χ4v) is 12.9. The predicted octanol–water partition coefficient (Wildman–Crippen LogP) is 16.6. The summed E-state index contributed by atoms with van der Waals surface area (Å²) in [6, 6.07) is 64.0. The number of aromatic nitrogens is 1. The lowest BCUT2D eigenvalue weighted by Gasteiger charge is -2.43. The van der Waals surface area contributed by atoms with Gasteiger partial charge < -0.3 is 14.8 Å². The summed E-state index contributed by atoms with van der Waals surface area (Å²) in [4.78, 5) is 2.39. The van der Waals surface area contributed by atoms with Gasteiger partial charge in [-0.25, -0.2) is 0 Å². The lowest BCUT2D eigenvalue weighted by atomic mass is 9.55. The van der Waals surface area contributed by atoms with Gasteiger partial charge >= 0.3 is 0 Å². The van der Waals surface area contributed by atoms with Gasteiger partial charge in [-0.05, 0) is 151 Å². The van der Waals surface area contributed by atoms with Crippen molar-refractivity contribution in [1.29, 1.82) is 0 Å². The highest BCUT2D eigenvalue weighted by Gasteiger charge is 2.40. The van der Waals surface area contributed by atoms with Gasteiger partial charge in [0.1, 0.15) is 0 Å². The molecule has 0 fully saturated rings. The van der Waals surface area contributed by atoms with Crippen LogP contribution in [-0.2, 0) is 21.7 Å². The fraction of sp³-hybridized carbons (Fsp3) is 0.242. The third-order valence-corrected chi connectivity index (χ3v) is 17.1. The van der Waals surface area contributed by atoms with Crippen molar-refractivity contribution in [2.24, 2.45) is 0 Å². The number of anilines is 5. The second-order valence-corrected chi connectivity index (χ2v) is 23.3. The Hall–Kier alpha value is -7.04. The van der Waals surface area contributed by atoms with Crippen LogP contribution in [0.15, 0.2) is 170 Å². The zero-order valence-corrected chi connectivity index (χ0v) is 42.0. The molecular formula is C66H61BN3. The molecule has 1 aromatic heterocycles. The number of hydrogen-bond acceptors (Lipinski definition) is 2. The monoisotopic (exact) mass is 906 g/mol. The number of fused-ring (bicyclic) bond motifs is 11. The average Bonchev–Trinajstić information content (AvgIpc) is 3.72. The third-order valence-electron chi connectivity index (χ3n) is 17.1. The number of nitrogens with one attached hydrogen (secondary N) is 1. The number of hydrogen-bond donors (Lipinski definition) is 1. The molecule has 10 aromatic rings. The first-order valence-corrected chi connectivity index (χ1v) is 25.6. The summed E-state index contributed by atoms with van der Waals surface area (Å²) < 4.78 is 2.67. The van der Waals surface area contributed by atoms with E-state index in [0.29, 0.717) is 0 Å². The highest BCUT2D eigenvalue weighted by Crippen LogP contribution is 2.51. The minimum Gasteiger partial charge on any atom is -0.355 e. The molecule has 13 rings (SSSR count). The van der Waals surface area contributed by atoms with Crippen LogP contribution in [-0.4, -0.2) is 11.8 Å². The van der Waals surface area contributed by atoms with E-state index in [4.69, 9.17) is 0 Å². The van der Waals surface area contributed by atoms with E-state index in [1.54, 1.807) is 0 Å². The number of rotatable bonds is 6. The zero-order valence-electron chi connectivity index (χ0n) is 42.0. The minimum absolute atomic E-state index is 0.0654. The van der Waals surface area contributed by atoms with Gasteiger partial charge in [0.25, 0.3) is 0 Å². The molecule has 4 heteroatoms. The summed E-state index contributed by atoms with van der Waals surface area (Å²) >= 11 is 0. The molecule has 2 aliphatic carbocycles. The molecule has 343 valence electrons. The maximum absolute atomic E-state index is 4.16. The van der Waals surface area contributed by atoms with E-state index in [2.05, 4.69) is 247 Å². The molecule has 1 radical (unpaired) electrons. The van der Waals surface area contributed by atoms with Gasteiger partial charge in [-0.1, -0.05) is 176 Å². The smallest absolute Gasteiger partial charge is 0.197 e. The second kappa shape index (κ2) is 15.2. The summed E-state index contributed by atoms with van der Waals surface area (Å²) in [5.41, 5.74) is 20.5. The first-order valence-electron chi connectivity index (χ1n) is 25.6. The first kappa shape index (κ1) is 43.0. The molecule has 9 aromatic carbocycles. The largest absolute Gasteiger partial charge is 0.355 e. The summed E-state index contributed by atoms with van der Waals surface area (Å²) in [5.74, 6) is 0. The Morgan fingerprint density at radius 2 is 1.03 bits per heavy atom. The van der Waals surface area contributed by atoms with Gasteiger partial charge in [0.15, 0.2) is 7.28 Å². The molecule has 0 unspecified atom stereocenters. The average molecular weight is 907 g/mol. The standard InChI is InChI=1S/C66H61BN3/c1-63(2)33-34-64(3,4)52-37-42(28-32-51(52)63)68-56-38-45(69(43-20-11-9-12-21-43)44-22-13-10-14-23-44)29-31-49(56)58-47-25-17-18-26-48(47)59-50-30-27-41-19-15-16-24-46(41)61(50)70-57-40-54-53(39-55(57)67-60(58)62(59)70)65(5,6)35-36-66(54,7)8/h9-32,37-40,68H,33-36H2,1-8H3. The van der Waals surface area contributed by atoms with E-state index in [0.717, 1.165) is 34.9 Å². The SMILES string of the molecule is CC1(C)CCC(C)(C)c2cc(Nc3cc(N(c4ccccc4)c4ccccc4)ccc3-c3c4c5c(c6ccccc36)c3ccc6ccccc6c3n5-c3cc5c(cc3[B]4)C(C)(C)CCC5(C)C)ccc21. The fourth-order valence-electron chi connectivity index (χ4n) is 12.9. The molecule has 0 spiro atoms. The maximum atomic E-state index is 4.16. The highest BCUT2D eigenvalue weighted by molar-refractivity contribution is 6.74. The Morgan fingerprint density at radius 3 is 1.70 bits per heavy atom. The van der Waals surface area contributed by atoms with Crippen molar-refractivity contribution in [1.82, 2.24) is 4.57 Å². The number of benzene rings is 9. The molecule has 3 aliphatic rings. The molecule has 3 nitrogen and oxygen atoms in total. The number of para-hydroxylation sites is 2. The summed E-state index contributed by atoms with van der Waals surface area (Å²) in [6.07, 6.45) is 4.68. The van der Waals surface area contributed by atoms with Gasteiger partial charge in [0, 0.05) is 61.4 Å². The highest BCUT2D eigenvalue weighted by atomic mass is 15.1. The van der Waals surface area contributed by atoms with Crippen LogP contribution >= 0.6 is 0 Å². The molecule has 0 saturated heterocycles. The van der Waals surface area contributed by atoms with E-state index in [9.17, 15) is 0 Å². The molecule has 0 atom stereocenters. The van der Waals surface area contributed by atoms with Crippen LogP contribution in [0.5, 0.6) is 0 Å². The van der Waals surface area contributed by atoms with E-state index in [1.807, 2.05) is 0 Å². The van der Waals surface area contributed by atoms with Crippen molar-refractivity contribution in [3.8, 4) is 16.8 Å². The van der Waals surface area contributed by atoms with Crippen LogP contribution in [0.3, 0.4) is 0 Å². The van der Waals surface area contributed by atoms with Crippen LogP contribution in [0.25, 0.3) is 60.2 Å². The minimum atomic E-state index is 0.0654. The van der Waals surface area contributed by atoms with Crippen molar-refractivity contribution in [2.45, 2.75) is 103 Å². The van der Waals surface area contributed by atoms with Crippen molar-refractivity contribution >= 4 is 90.0 Å². The molecule has 0 amide bonds. The second-order valence-electron chi connectivity index (χ2n) is 23.3. The van der Waals surface area contributed by atoms with E-state index < -0.39 is 0 Å². The van der Waals surface area contributed by atoms with Crippen LogP contribution in [0, 0.1) is 0 Å². The Bertz CT molecular complexity index is 3740. The summed E-state index contributed by atoms with van der Waals surface area (Å²) in [5, 5.41) is 11.8. The zero-order chi connectivity index (χ0) is 47.9. The summed E-state index contributed by atoms with van der Waals surface area (Å²) in [7, 11) is 2.56. The van der Waals surface area contributed by atoms with Crippen LogP contribution in [0.2, 0.25) is 0 Å². The summed E-state index contributed by atoms with van der Waals surface area (Å²) in [6.45, 7) is 19.5. The van der Waals surface area contributed by atoms with E-state index >= 15 is 0 Å². The van der Waals surface area contributed by atoms with Crippen molar-refractivity contribution in [2.75, 3.05) is 10.2 Å². The van der Waals surface area contributed by atoms with E-state index in [-0.39, 0.29) is 21.7 Å².